The van der Waals surface area contributed by atoms with Crippen molar-refractivity contribution in [3.8, 4) is 0 Å². The number of nitrogens with zero attached hydrogens (tertiary/aromatic N) is 3. The number of carbonyl (C=O) groups excluding carboxylic acids is 2. The van der Waals surface area contributed by atoms with Crippen LogP contribution in [-0.4, -0.2) is 51.7 Å². The van der Waals surface area contributed by atoms with Gasteiger partial charge < -0.3 is 9.47 Å². The Bertz CT molecular complexity index is 681. The van der Waals surface area contributed by atoms with Crippen molar-refractivity contribution >= 4 is 11.7 Å². The molecule has 0 bridgehead atoms. The number of Topliss-reactive ketones (excluding diaryl/α,β-unsaturated/α-hetero) is 1. The average molecular weight is 343 g/mol. The van der Waals surface area contributed by atoms with Gasteiger partial charge in [0.2, 0.25) is 5.91 Å². The van der Waals surface area contributed by atoms with Crippen molar-refractivity contribution in [1.82, 2.24) is 14.4 Å². The van der Waals surface area contributed by atoms with E-state index in [1.165, 1.54) is 31.4 Å². The Labute approximate surface area is 150 Å². The van der Waals surface area contributed by atoms with E-state index in [-0.39, 0.29) is 5.78 Å². The lowest BCUT2D eigenvalue weighted by Gasteiger charge is -2.47. The van der Waals surface area contributed by atoms with Crippen molar-refractivity contribution in [3.63, 3.8) is 0 Å². The molecule has 0 radical (unpaired) electrons. The molecule has 5 nitrogen and oxygen atoms in total. The van der Waals surface area contributed by atoms with Gasteiger partial charge in [-0.1, -0.05) is 0 Å². The third-order valence-electron chi connectivity index (χ3n) is 6.50. The second-order valence-corrected chi connectivity index (χ2v) is 8.42. The Morgan fingerprint density at radius 2 is 1.96 bits per heavy atom. The van der Waals surface area contributed by atoms with Crippen LogP contribution in [0.5, 0.6) is 0 Å². The van der Waals surface area contributed by atoms with Crippen molar-refractivity contribution in [3.05, 3.63) is 23.5 Å². The lowest BCUT2D eigenvalue weighted by Crippen LogP contribution is -2.52. The van der Waals surface area contributed by atoms with Crippen LogP contribution in [0.25, 0.3) is 0 Å². The number of ketones is 1. The van der Waals surface area contributed by atoms with Crippen molar-refractivity contribution in [2.75, 3.05) is 19.6 Å². The molecule has 0 atom stereocenters. The third kappa shape index (κ3) is 3.39. The molecule has 0 N–H and O–H groups in total. The maximum absolute atomic E-state index is 12.2. The zero-order valence-electron chi connectivity index (χ0n) is 15.5. The van der Waals surface area contributed by atoms with Gasteiger partial charge in [-0.2, -0.15) is 0 Å². The Hall–Kier alpha value is -1.62. The smallest absolute Gasteiger partial charge is 0.222 e. The maximum atomic E-state index is 12.2. The van der Waals surface area contributed by atoms with Crippen LogP contribution in [0.1, 0.15) is 61.5 Å². The van der Waals surface area contributed by atoms with Crippen LogP contribution in [0.2, 0.25) is 0 Å². The summed E-state index contributed by atoms with van der Waals surface area (Å²) in [7, 11) is 2.02. The van der Waals surface area contributed by atoms with Gasteiger partial charge >= 0.3 is 0 Å². The number of likely N-dealkylation sites (tertiary alicyclic amines) is 2. The first-order valence-electron chi connectivity index (χ1n) is 9.64. The van der Waals surface area contributed by atoms with E-state index in [0.29, 0.717) is 17.4 Å². The van der Waals surface area contributed by atoms with Gasteiger partial charge in [-0.05, 0) is 63.6 Å². The highest BCUT2D eigenvalue weighted by atomic mass is 16.2. The highest BCUT2D eigenvalue weighted by Crippen LogP contribution is 2.43. The van der Waals surface area contributed by atoms with E-state index in [1.54, 1.807) is 6.92 Å². The number of carbonyl (C=O) groups is 2. The zero-order chi connectivity index (χ0) is 17.6. The van der Waals surface area contributed by atoms with E-state index in [2.05, 4.69) is 14.4 Å². The summed E-state index contributed by atoms with van der Waals surface area (Å²) >= 11 is 0. The number of aryl methyl sites for hydroxylation is 1. The van der Waals surface area contributed by atoms with Crippen LogP contribution in [0, 0.1) is 5.41 Å². The van der Waals surface area contributed by atoms with Crippen LogP contribution >= 0.6 is 0 Å². The number of amides is 1. The van der Waals surface area contributed by atoms with Crippen LogP contribution < -0.4 is 0 Å². The summed E-state index contributed by atoms with van der Waals surface area (Å²) in [5, 5.41) is 0. The van der Waals surface area contributed by atoms with E-state index in [0.717, 1.165) is 44.6 Å². The molecule has 25 heavy (non-hydrogen) atoms. The van der Waals surface area contributed by atoms with E-state index in [1.807, 2.05) is 19.3 Å². The number of hydrogen-bond acceptors (Lipinski definition) is 3. The average Bonchev–Trinajstić information content (AvgIpc) is 3.36. The van der Waals surface area contributed by atoms with E-state index in [4.69, 9.17) is 0 Å². The summed E-state index contributed by atoms with van der Waals surface area (Å²) in [6.07, 6.45) is 8.54. The predicted molar refractivity (Wildman–Crippen MR) is 96.3 cm³/mol. The van der Waals surface area contributed by atoms with Crippen molar-refractivity contribution < 1.29 is 9.59 Å². The first-order chi connectivity index (χ1) is 12.0. The minimum atomic E-state index is 0.131. The lowest BCUT2D eigenvalue weighted by atomic mass is 9.72. The molecule has 4 rings (SSSR count). The van der Waals surface area contributed by atoms with E-state index < -0.39 is 0 Å². The highest BCUT2D eigenvalue weighted by Gasteiger charge is 2.45. The fraction of sp³-hybridized carbons (Fsp3) is 0.700. The lowest BCUT2D eigenvalue weighted by molar-refractivity contribution is -0.139. The number of piperidine rings is 2. The molecule has 1 aliphatic carbocycles. The number of hydrogen-bond donors (Lipinski definition) is 0. The highest BCUT2D eigenvalue weighted by molar-refractivity contribution is 5.94. The minimum absolute atomic E-state index is 0.131. The molecule has 2 aliphatic heterocycles. The van der Waals surface area contributed by atoms with Crippen molar-refractivity contribution in [2.24, 2.45) is 12.5 Å². The molecular formula is C20H29N3O2. The summed E-state index contributed by atoms with van der Waals surface area (Å²) in [5.74, 6) is 0.516. The Kier molecular flexibility index (Phi) is 4.22. The van der Waals surface area contributed by atoms with Gasteiger partial charge in [0.15, 0.2) is 5.78 Å². The van der Waals surface area contributed by atoms with Crippen LogP contribution in [0.3, 0.4) is 0 Å². The summed E-state index contributed by atoms with van der Waals surface area (Å²) in [5.41, 5.74) is 2.36. The van der Waals surface area contributed by atoms with Gasteiger partial charge in [-0.25, -0.2) is 0 Å². The number of aromatic nitrogens is 1. The molecule has 1 aromatic heterocycles. The molecule has 0 unspecified atom stereocenters. The molecule has 1 saturated carbocycles. The zero-order valence-corrected chi connectivity index (χ0v) is 15.5. The Balaban J connectivity index is 1.37. The Morgan fingerprint density at radius 1 is 1.24 bits per heavy atom. The summed E-state index contributed by atoms with van der Waals surface area (Å²) in [4.78, 5) is 28.4. The molecule has 5 heteroatoms. The van der Waals surface area contributed by atoms with Gasteiger partial charge in [0.1, 0.15) is 0 Å². The maximum Gasteiger partial charge on any atom is 0.222 e. The van der Waals surface area contributed by atoms with E-state index >= 15 is 0 Å². The van der Waals surface area contributed by atoms with Crippen LogP contribution in [0.15, 0.2) is 12.3 Å². The summed E-state index contributed by atoms with van der Waals surface area (Å²) in [6, 6.07) is 2.58. The molecule has 1 amide bonds. The summed E-state index contributed by atoms with van der Waals surface area (Å²) in [6.45, 7) is 5.70. The van der Waals surface area contributed by atoms with Crippen molar-refractivity contribution in [1.29, 1.82) is 0 Å². The molecular weight excluding hydrogens is 314 g/mol. The second-order valence-electron chi connectivity index (χ2n) is 8.42. The molecule has 0 aromatic carbocycles. The first kappa shape index (κ1) is 16.8. The van der Waals surface area contributed by atoms with Gasteiger partial charge in [-0.3, -0.25) is 14.5 Å². The second kappa shape index (κ2) is 6.27. The monoisotopic (exact) mass is 343 g/mol. The SMILES string of the molecule is CC(=O)c1cc(CN2CCC3(CCC(=O)N(C4CC4)C3)CC2)n(C)c1. The first-order valence-corrected chi connectivity index (χ1v) is 9.64. The van der Waals surface area contributed by atoms with Crippen LogP contribution in [0.4, 0.5) is 0 Å². The van der Waals surface area contributed by atoms with Gasteiger partial charge in [0.25, 0.3) is 0 Å². The predicted octanol–water partition coefficient (Wildman–Crippen LogP) is 2.59. The fourth-order valence-corrected chi connectivity index (χ4v) is 4.55. The quantitative estimate of drug-likeness (QED) is 0.790. The fourth-order valence-electron chi connectivity index (χ4n) is 4.55. The molecule has 1 spiro atoms. The van der Waals surface area contributed by atoms with Crippen molar-refractivity contribution in [2.45, 2.75) is 58.0 Å². The number of rotatable bonds is 4. The molecule has 1 aromatic rings. The van der Waals surface area contributed by atoms with Gasteiger partial charge in [-0.15, -0.1) is 0 Å². The molecule has 2 saturated heterocycles. The van der Waals surface area contributed by atoms with E-state index in [9.17, 15) is 9.59 Å². The minimum Gasteiger partial charge on any atom is -0.353 e. The van der Waals surface area contributed by atoms with Gasteiger partial charge in [0.05, 0.1) is 0 Å². The third-order valence-corrected chi connectivity index (χ3v) is 6.50. The van der Waals surface area contributed by atoms with Crippen LogP contribution in [-0.2, 0) is 18.4 Å². The standard InChI is InChI=1S/C20H29N3O2/c1-15(24)16-11-18(21(2)12-16)13-22-9-7-20(8-10-22)6-5-19(25)23(14-20)17-3-4-17/h11-12,17H,3-10,13-14H2,1-2H3. The summed E-state index contributed by atoms with van der Waals surface area (Å²) < 4.78 is 2.08. The largest absolute Gasteiger partial charge is 0.353 e. The molecule has 3 aliphatic rings. The Morgan fingerprint density at radius 3 is 2.56 bits per heavy atom. The van der Waals surface area contributed by atoms with Gasteiger partial charge in [0, 0.05) is 50.1 Å². The molecule has 3 heterocycles. The topological polar surface area (TPSA) is 45.6 Å². The molecule has 136 valence electrons. The normalized spacial score (nSPS) is 24.1. The molecule has 3 fully saturated rings.